The average molecular weight is 342 g/mol. The largest absolute Gasteiger partial charge is 0.456 e. The number of hydrogen-bond acceptors (Lipinski definition) is 6. The van der Waals surface area contributed by atoms with Crippen LogP contribution >= 0.6 is 0 Å². The van der Waals surface area contributed by atoms with Gasteiger partial charge >= 0.3 is 5.97 Å². The van der Waals surface area contributed by atoms with Gasteiger partial charge < -0.3 is 19.8 Å². The minimum atomic E-state index is -0.630. The quantitative estimate of drug-likeness (QED) is 0.733. The third-order valence-electron chi connectivity index (χ3n) is 3.71. The number of nitrogens with two attached hydrogens (primary N) is 1. The van der Waals surface area contributed by atoms with Crippen molar-refractivity contribution in [3.8, 4) is 0 Å². The van der Waals surface area contributed by atoms with Crippen molar-refractivity contribution in [1.29, 1.82) is 0 Å². The van der Waals surface area contributed by atoms with Crippen molar-refractivity contribution in [2.75, 3.05) is 19.5 Å². The smallest absolute Gasteiger partial charge is 0.344 e. The number of carbonyl (C=O) groups excluding carboxylic acids is 1. The second kappa shape index (κ2) is 6.33. The molecule has 7 nitrogen and oxygen atoms in total. The maximum absolute atomic E-state index is 12.7. The molecule has 0 aliphatic rings. The van der Waals surface area contributed by atoms with Crippen molar-refractivity contribution in [2.24, 2.45) is 0 Å². The first kappa shape index (κ1) is 17.2. The van der Waals surface area contributed by atoms with Crippen molar-refractivity contribution < 1.29 is 14.3 Å². The highest BCUT2D eigenvalue weighted by Crippen LogP contribution is 2.29. The van der Waals surface area contributed by atoms with Crippen molar-refractivity contribution in [2.45, 2.75) is 32.9 Å². The summed E-state index contributed by atoms with van der Waals surface area (Å²) in [6.07, 6.45) is 0. The van der Waals surface area contributed by atoms with E-state index in [1.165, 1.54) is 0 Å². The summed E-state index contributed by atoms with van der Waals surface area (Å²) in [6, 6.07) is 7.49. The van der Waals surface area contributed by atoms with Crippen LogP contribution in [-0.4, -0.2) is 39.8 Å². The molecule has 3 rings (SSSR count). The van der Waals surface area contributed by atoms with Crippen LogP contribution in [0.2, 0.25) is 0 Å². The van der Waals surface area contributed by atoms with Gasteiger partial charge in [-0.3, -0.25) is 0 Å². The van der Waals surface area contributed by atoms with Gasteiger partial charge in [0, 0.05) is 13.7 Å². The molecular formula is C18H22N4O3. The first-order valence-corrected chi connectivity index (χ1v) is 8.08. The molecule has 3 aromatic rings. The Balaban J connectivity index is 2.25. The molecular weight excluding hydrogens is 320 g/mol. The number of methoxy groups -OCH3 is 1. The van der Waals surface area contributed by atoms with Gasteiger partial charge in [0.2, 0.25) is 0 Å². The Morgan fingerprint density at radius 3 is 2.44 bits per heavy atom. The van der Waals surface area contributed by atoms with Crippen molar-refractivity contribution >= 4 is 34.0 Å². The summed E-state index contributed by atoms with van der Waals surface area (Å²) in [6.45, 7) is 6.34. The second-order valence-electron chi connectivity index (χ2n) is 6.79. The van der Waals surface area contributed by atoms with E-state index < -0.39 is 11.6 Å². The fourth-order valence-corrected chi connectivity index (χ4v) is 2.66. The Hall–Kier alpha value is -2.67. The number of nitrogens with zero attached hydrogens (tertiary/aromatic N) is 3. The van der Waals surface area contributed by atoms with Crippen molar-refractivity contribution in [3.05, 3.63) is 29.8 Å². The van der Waals surface area contributed by atoms with Gasteiger partial charge in [0.1, 0.15) is 22.5 Å². The fraction of sp³-hybridized carbons (Fsp3) is 0.389. The summed E-state index contributed by atoms with van der Waals surface area (Å²) in [4.78, 5) is 22.0. The molecule has 2 aromatic heterocycles. The van der Waals surface area contributed by atoms with E-state index >= 15 is 0 Å². The van der Waals surface area contributed by atoms with Gasteiger partial charge in [-0.05, 0) is 32.9 Å². The first-order valence-electron chi connectivity index (χ1n) is 8.08. The lowest BCUT2D eigenvalue weighted by molar-refractivity contribution is 0.00727. The molecule has 25 heavy (non-hydrogen) atoms. The van der Waals surface area contributed by atoms with Gasteiger partial charge in [0.25, 0.3) is 0 Å². The van der Waals surface area contributed by atoms with Crippen LogP contribution in [0, 0.1) is 0 Å². The molecule has 0 bridgehead atoms. The standard InChI is InChI=1S/C18H22N4O3/c1-18(2,3)25-17(23)13-14-16(22(15(13)19)9-10-24-4)21-12-8-6-5-7-11(12)20-14/h5-8H,9-10,19H2,1-4H3. The monoisotopic (exact) mass is 342 g/mol. The molecule has 1 aromatic carbocycles. The number of ether oxygens (including phenoxy) is 2. The zero-order valence-electron chi connectivity index (χ0n) is 14.9. The van der Waals surface area contributed by atoms with Crippen LogP contribution in [0.15, 0.2) is 24.3 Å². The van der Waals surface area contributed by atoms with Gasteiger partial charge in [0.15, 0.2) is 5.65 Å². The molecule has 0 unspecified atom stereocenters. The Labute approximate surface area is 145 Å². The maximum Gasteiger partial charge on any atom is 0.344 e. The summed E-state index contributed by atoms with van der Waals surface area (Å²) in [5.41, 5.74) is 8.32. The van der Waals surface area contributed by atoms with Gasteiger partial charge in [-0.15, -0.1) is 0 Å². The van der Waals surface area contributed by atoms with Crippen molar-refractivity contribution in [3.63, 3.8) is 0 Å². The highest BCUT2D eigenvalue weighted by Gasteiger charge is 2.27. The van der Waals surface area contributed by atoms with Crippen LogP contribution < -0.4 is 5.73 Å². The Bertz CT molecular complexity index is 941. The lowest BCUT2D eigenvalue weighted by Crippen LogP contribution is -2.24. The number of rotatable bonds is 4. The summed E-state index contributed by atoms with van der Waals surface area (Å²) < 4.78 is 12.4. The first-order chi connectivity index (χ1) is 11.8. The lowest BCUT2D eigenvalue weighted by Gasteiger charge is -2.19. The van der Waals surface area contributed by atoms with Crippen LogP contribution in [0.1, 0.15) is 31.1 Å². The average Bonchev–Trinajstić information content (AvgIpc) is 2.80. The SMILES string of the molecule is COCCn1c(N)c(C(=O)OC(C)(C)C)c2nc3ccccc3nc21. The number of benzene rings is 1. The van der Waals surface area contributed by atoms with E-state index in [1.54, 1.807) is 11.7 Å². The fourth-order valence-electron chi connectivity index (χ4n) is 2.66. The van der Waals surface area contributed by atoms with Gasteiger partial charge in [-0.2, -0.15) is 0 Å². The van der Waals surface area contributed by atoms with E-state index in [-0.39, 0.29) is 11.4 Å². The summed E-state index contributed by atoms with van der Waals surface area (Å²) in [7, 11) is 1.61. The van der Waals surface area contributed by atoms with Crippen molar-refractivity contribution in [1.82, 2.24) is 14.5 Å². The number of anilines is 1. The molecule has 0 aliphatic heterocycles. The van der Waals surface area contributed by atoms with Crippen LogP contribution in [-0.2, 0) is 16.0 Å². The van der Waals surface area contributed by atoms with E-state index in [0.717, 1.165) is 5.52 Å². The van der Waals surface area contributed by atoms with Gasteiger partial charge in [0.05, 0.1) is 17.6 Å². The number of para-hydroxylation sites is 2. The zero-order valence-corrected chi connectivity index (χ0v) is 14.9. The van der Waals surface area contributed by atoms with E-state index in [4.69, 9.17) is 15.2 Å². The molecule has 0 aliphatic carbocycles. The van der Waals surface area contributed by atoms with Crippen LogP contribution in [0.5, 0.6) is 0 Å². The number of carbonyl (C=O) groups is 1. The van der Waals surface area contributed by atoms with E-state index in [2.05, 4.69) is 9.97 Å². The molecule has 7 heteroatoms. The number of nitrogen functional groups attached to an aromatic ring is 1. The van der Waals surface area contributed by atoms with Crippen LogP contribution in [0.25, 0.3) is 22.2 Å². The molecule has 0 saturated carbocycles. The predicted octanol–water partition coefficient (Wildman–Crippen LogP) is 2.77. The van der Waals surface area contributed by atoms with E-state index in [0.29, 0.717) is 29.8 Å². The molecule has 0 amide bonds. The summed E-state index contributed by atoms with van der Waals surface area (Å²) >= 11 is 0. The van der Waals surface area contributed by atoms with Crippen LogP contribution in [0.4, 0.5) is 5.82 Å². The zero-order chi connectivity index (χ0) is 18.2. The number of hydrogen-bond donors (Lipinski definition) is 1. The van der Waals surface area contributed by atoms with Gasteiger partial charge in [-0.25, -0.2) is 14.8 Å². The Morgan fingerprint density at radius 1 is 1.20 bits per heavy atom. The molecule has 0 radical (unpaired) electrons. The van der Waals surface area contributed by atoms with Gasteiger partial charge in [-0.1, -0.05) is 12.1 Å². The highest BCUT2D eigenvalue weighted by atomic mass is 16.6. The van der Waals surface area contributed by atoms with Crippen LogP contribution in [0.3, 0.4) is 0 Å². The Morgan fingerprint density at radius 2 is 1.84 bits per heavy atom. The Kier molecular flexibility index (Phi) is 4.34. The maximum atomic E-state index is 12.7. The normalized spacial score (nSPS) is 12.0. The topological polar surface area (TPSA) is 92.3 Å². The molecule has 2 heterocycles. The molecule has 0 fully saturated rings. The molecule has 2 N–H and O–H groups in total. The highest BCUT2D eigenvalue weighted by molar-refractivity contribution is 6.08. The number of aromatic nitrogens is 3. The molecule has 132 valence electrons. The second-order valence-corrected chi connectivity index (χ2v) is 6.79. The summed E-state index contributed by atoms with van der Waals surface area (Å²) in [5.74, 6) is -0.215. The minimum absolute atomic E-state index is 0.249. The van der Waals surface area contributed by atoms with E-state index in [1.807, 2.05) is 45.0 Å². The lowest BCUT2D eigenvalue weighted by atomic mass is 10.2. The van der Waals surface area contributed by atoms with E-state index in [9.17, 15) is 4.79 Å². The summed E-state index contributed by atoms with van der Waals surface area (Å²) in [5, 5.41) is 0. The molecule has 0 atom stereocenters. The third kappa shape index (κ3) is 3.28. The number of esters is 1. The predicted molar refractivity (Wildman–Crippen MR) is 96.5 cm³/mol. The molecule has 0 saturated heterocycles. The molecule has 0 spiro atoms. The third-order valence-corrected chi connectivity index (χ3v) is 3.71. The number of fused-ring (bicyclic) bond motifs is 2. The minimum Gasteiger partial charge on any atom is -0.456 e.